The number of imide groups is 1. The third kappa shape index (κ3) is 3.76. The average Bonchev–Trinajstić information content (AvgIpc) is 3.24. The maximum absolute atomic E-state index is 14.1. The van der Waals surface area contributed by atoms with Gasteiger partial charge in [0.1, 0.15) is 18.2 Å². The fraction of sp³-hybridized carbons (Fsp3) is 0.391. The summed E-state index contributed by atoms with van der Waals surface area (Å²) in [5, 5.41) is 2.30. The van der Waals surface area contributed by atoms with Crippen LogP contribution in [0.3, 0.4) is 0 Å². The van der Waals surface area contributed by atoms with E-state index in [1.807, 2.05) is 6.07 Å². The largest absolute Gasteiger partial charge is 0.337 e. The summed E-state index contributed by atoms with van der Waals surface area (Å²) in [7, 11) is 0. The van der Waals surface area contributed by atoms with Crippen molar-refractivity contribution in [3.05, 3.63) is 59.7 Å². The number of benzene rings is 2. The van der Waals surface area contributed by atoms with Crippen molar-refractivity contribution < 1.29 is 18.4 Å². The first kappa shape index (κ1) is 19.9. The predicted molar refractivity (Wildman–Crippen MR) is 112 cm³/mol. The summed E-state index contributed by atoms with van der Waals surface area (Å²) in [6.45, 7) is 3.16. The Kier molecular flexibility index (Phi) is 5.09. The first-order chi connectivity index (χ1) is 15.0. The molecule has 3 aliphatic rings. The van der Waals surface area contributed by atoms with Crippen molar-refractivity contribution in [3.63, 3.8) is 0 Å². The highest BCUT2D eigenvalue weighted by atomic mass is 19.1. The van der Waals surface area contributed by atoms with Crippen LogP contribution in [0, 0.1) is 11.6 Å². The third-order valence-corrected chi connectivity index (χ3v) is 6.52. The molecule has 3 aliphatic heterocycles. The van der Waals surface area contributed by atoms with Gasteiger partial charge in [-0.1, -0.05) is 0 Å². The molecule has 162 valence electrons. The van der Waals surface area contributed by atoms with Gasteiger partial charge in [-0.2, -0.15) is 0 Å². The van der Waals surface area contributed by atoms with E-state index in [4.69, 9.17) is 0 Å². The molecule has 2 aromatic rings. The standard InChI is InChI=1S/C23H24F2N4O2/c24-15-2-5-17(6-3-15)29-20-7-4-16(25)12-18(20)19-13-27(11-8-21(19)29)9-1-10-28-14-22(30)26-23(28)31/h2-7,12,19,21H,1,8-11,13-14H2,(H,26,30,31)/t19-,21+/m0/s1. The molecule has 8 heteroatoms. The second-order valence-electron chi connectivity index (χ2n) is 8.44. The van der Waals surface area contributed by atoms with Crippen molar-refractivity contribution in [3.8, 4) is 0 Å². The number of likely N-dealkylation sites (tertiary alicyclic amines) is 1. The molecule has 6 nitrogen and oxygen atoms in total. The summed E-state index contributed by atoms with van der Waals surface area (Å²) in [4.78, 5) is 29.1. The quantitative estimate of drug-likeness (QED) is 0.746. The molecule has 2 aromatic carbocycles. The van der Waals surface area contributed by atoms with Gasteiger partial charge in [0, 0.05) is 43.0 Å². The molecule has 0 unspecified atom stereocenters. The molecule has 0 saturated carbocycles. The maximum Gasteiger partial charge on any atom is 0.324 e. The Bertz CT molecular complexity index is 1010. The fourth-order valence-corrected chi connectivity index (χ4v) is 5.13. The van der Waals surface area contributed by atoms with Crippen LogP contribution in [0.15, 0.2) is 42.5 Å². The number of amides is 3. The van der Waals surface area contributed by atoms with Gasteiger partial charge in [0.15, 0.2) is 0 Å². The van der Waals surface area contributed by atoms with Crippen LogP contribution in [0.25, 0.3) is 0 Å². The lowest BCUT2D eigenvalue weighted by atomic mass is 9.89. The number of halogens is 2. The van der Waals surface area contributed by atoms with Gasteiger partial charge >= 0.3 is 6.03 Å². The zero-order valence-corrected chi connectivity index (χ0v) is 17.1. The van der Waals surface area contributed by atoms with E-state index in [2.05, 4.69) is 15.1 Å². The van der Waals surface area contributed by atoms with Crippen LogP contribution >= 0.6 is 0 Å². The van der Waals surface area contributed by atoms with Crippen LogP contribution in [-0.4, -0.2) is 60.5 Å². The Morgan fingerprint density at radius 2 is 1.77 bits per heavy atom. The van der Waals surface area contributed by atoms with Crippen molar-refractivity contribution in [1.82, 2.24) is 15.1 Å². The van der Waals surface area contributed by atoms with Crippen molar-refractivity contribution in [2.24, 2.45) is 0 Å². The van der Waals surface area contributed by atoms with Crippen molar-refractivity contribution in [2.45, 2.75) is 24.8 Å². The Hall–Kier alpha value is -3.00. The molecule has 3 heterocycles. The number of nitrogens with zero attached hydrogens (tertiary/aromatic N) is 3. The second kappa shape index (κ2) is 7.92. The smallest absolute Gasteiger partial charge is 0.324 e. The SMILES string of the molecule is O=C1CN(CCCN2CC[C@@H]3[C@@H](C2)c2cc(F)ccc2N3c2ccc(F)cc2)C(=O)N1. The number of fused-ring (bicyclic) bond motifs is 3. The van der Waals surface area contributed by atoms with E-state index in [0.717, 1.165) is 49.4 Å². The number of hydrogen-bond acceptors (Lipinski definition) is 4. The lowest BCUT2D eigenvalue weighted by Gasteiger charge is -2.39. The number of rotatable bonds is 5. The lowest BCUT2D eigenvalue weighted by molar-refractivity contribution is -0.118. The number of carbonyl (C=O) groups is 2. The molecule has 31 heavy (non-hydrogen) atoms. The van der Waals surface area contributed by atoms with Crippen LogP contribution in [0.5, 0.6) is 0 Å². The Labute approximate surface area is 179 Å². The second-order valence-corrected chi connectivity index (χ2v) is 8.44. The number of urea groups is 1. The van der Waals surface area contributed by atoms with E-state index in [0.29, 0.717) is 6.54 Å². The van der Waals surface area contributed by atoms with Crippen LogP contribution in [0.1, 0.15) is 24.3 Å². The summed E-state index contributed by atoms with van der Waals surface area (Å²) < 4.78 is 27.6. The maximum atomic E-state index is 14.1. The number of carbonyl (C=O) groups excluding carboxylic acids is 2. The first-order valence-corrected chi connectivity index (χ1v) is 10.6. The van der Waals surface area contributed by atoms with Gasteiger partial charge in [-0.05, 0) is 67.4 Å². The Morgan fingerprint density at radius 1 is 1.00 bits per heavy atom. The van der Waals surface area contributed by atoms with E-state index in [1.54, 1.807) is 18.2 Å². The van der Waals surface area contributed by atoms with E-state index in [1.165, 1.54) is 23.1 Å². The summed E-state index contributed by atoms with van der Waals surface area (Å²) in [5.41, 5.74) is 2.89. The van der Waals surface area contributed by atoms with Crippen molar-refractivity contribution >= 4 is 23.3 Å². The first-order valence-electron chi connectivity index (χ1n) is 10.6. The van der Waals surface area contributed by atoms with Gasteiger partial charge in [-0.25, -0.2) is 13.6 Å². The molecule has 2 atom stereocenters. The molecule has 5 rings (SSSR count). The van der Waals surface area contributed by atoms with Gasteiger partial charge in [0.2, 0.25) is 5.91 Å². The highest BCUT2D eigenvalue weighted by Crippen LogP contribution is 2.48. The summed E-state index contributed by atoms with van der Waals surface area (Å²) in [6, 6.07) is 11.3. The molecule has 0 spiro atoms. The molecule has 3 amide bonds. The molecular weight excluding hydrogens is 402 g/mol. The molecule has 0 radical (unpaired) electrons. The minimum Gasteiger partial charge on any atom is -0.337 e. The van der Waals surface area contributed by atoms with E-state index in [9.17, 15) is 18.4 Å². The molecule has 0 aromatic heterocycles. The Balaban J connectivity index is 1.30. The van der Waals surface area contributed by atoms with Crippen LogP contribution in [-0.2, 0) is 4.79 Å². The molecular formula is C23H24F2N4O2. The average molecular weight is 426 g/mol. The monoisotopic (exact) mass is 426 g/mol. The zero-order chi connectivity index (χ0) is 21.5. The van der Waals surface area contributed by atoms with E-state index in [-0.39, 0.29) is 42.1 Å². The lowest BCUT2D eigenvalue weighted by Crippen LogP contribution is -2.45. The van der Waals surface area contributed by atoms with Gasteiger partial charge in [0.05, 0.1) is 0 Å². The minimum absolute atomic E-state index is 0.128. The molecule has 0 bridgehead atoms. The van der Waals surface area contributed by atoms with E-state index < -0.39 is 0 Å². The van der Waals surface area contributed by atoms with Gasteiger partial charge in [-0.3, -0.25) is 10.1 Å². The summed E-state index contributed by atoms with van der Waals surface area (Å²) in [5.74, 6) is -0.625. The van der Waals surface area contributed by atoms with Crippen LogP contribution in [0.2, 0.25) is 0 Å². The normalized spacial score (nSPS) is 23.2. The molecule has 0 aliphatic carbocycles. The van der Waals surface area contributed by atoms with Crippen LogP contribution < -0.4 is 10.2 Å². The van der Waals surface area contributed by atoms with Gasteiger partial charge in [0.25, 0.3) is 0 Å². The predicted octanol–water partition coefficient (Wildman–Crippen LogP) is 3.22. The Morgan fingerprint density at radius 3 is 2.52 bits per heavy atom. The van der Waals surface area contributed by atoms with Gasteiger partial charge < -0.3 is 14.7 Å². The number of hydrogen-bond donors (Lipinski definition) is 1. The van der Waals surface area contributed by atoms with Crippen molar-refractivity contribution in [1.29, 1.82) is 0 Å². The molecule has 2 saturated heterocycles. The third-order valence-electron chi connectivity index (χ3n) is 6.52. The number of piperidine rings is 1. The topological polar surface area (TPSA) is 55.9 Å². The van der Waals surface area contributed by atoms with Crippen LogP contribution in [0.4, 0.5) is 25.0 Å². The van der Waals surface area contributed by atoms with E-state index >= 15 is 0 Å². The number of nitrogens with one attached hydrogen (secondary N) is 1. The fourth-order valence-electron chi connectivity index (χ4n) is 5.13. The number of anilines is 2. The molecule has 2 fully saturated rings. The van der Waals surface area contributed by atoms with Crippen molar-refractivity contribution in [2.75, 3.05) is 37.6 Å². The summed E-state index contributed by atoms with van der Waals surface area (Å²) in [6.07, 6.45) is 1.68. The highest BCUT2D eigenvalue weighted by Gasteiger charge is 2.42. The summed E-state index contributed by atoms with van der Waals surface area (Å²) >= 11 is 0. The highest BCUT2D eigenvalue weighted by molar-refractivity contribution is 6.01. The molecule has 1 N–H and O–H groups in total. The van der Waals surface area contributed by atoms with Gasteiger partial charge in [-0.15, -0.1) is 0 Å². The minimum atomic E-state index is -0.321. The zero-order valence-electron chi connectivity index (χ0n) is 17.1.